The summed E-state index contributed by atoms with van der Waals surface area (Å²) in [7, 11) is 0. The van der Waals surface area contributed by atoms with E-state index >= 15 is 0 Å². The first-order valence-electron chi connectivity index (χ1n) is 5.17. The number of aromatic nitrogens is 2. The molecule has 0 saturated heterocycles. The number of anilines is 1. The number of rotatable bonds is 2. The summed E-state index contributed by atoms with van der Waals surface area (Å²) in [6, 6.07) is 4.79. The van der Waals surface area contributed by atoms with Gasteiger partial charge in [-0.15, -0.1) is 0 Å². The summed E-state index contributed by atoms with van der Waals surface area (Å²) in [6.45, 7) is 4.08. The molecule has 2 N–H and O–H groups in total. The van der Waals surface area contributed by atoms with Gasteiger partial charge in [0, 0.05) is 23.5 Å². The second-order valence-electron chi connectivity index (χ2n) is 4.08. The first-order chi connectivity index (χ1) is 7.56. The maximum atomic E-state index is 13.2. The molecular weight excluding hydrogens is 205 g/mol. The molecule has 0 bridgehead atoms. The normalized spacial score (nSPS) is 11.0. The van der Waals surface area contributed by atoms with Crippen LogP contribution in [-0.4, -0.2) is 9.78 Å². The van der Waals surface area contributed by atoms with Gasteiger partial charge in [-0.3, -0.25) is 4.68 Å². The molecule has 0 atom stereocenters. The molecule has 1 heterocycles. The lowest BCUT2D eigenvalue weighted by Crippen LogP contribution is -1.99. The number of hydrogen-bond acceptors (Lipinski definition) is 2. The lowest BCUT2D eigenvalue weighted by molar-refractivity contribution is 0.532. The average molecular weight is 219 g/mol. The predicted molar refractivity (Wildman–Crippen MR) is 62.4 cm³/mol. The summed E-state index contributed by atoms with van der Waals surface area (Å²) in [5.41, 5.74) is 7.65. The molecule has 84 valence electrons. The van der Waals surface area contributed by atoms with E-state index in [4.69, 9.17) is 5.73 Å². The van der Waals surface area contributed by atoms with Gasteiger partial charge in [0.15, 0.2) is 0 Å². The highest BCUT2D eigenvalue weighted by Crippen LogP contribution is 2.23. The van der Waals surface area contributed by atoms with Gasteiger partial charge in [0.05, 0.1) is 6.20 Å². The van der Waals surface area contributed by atoms with E-state index in [1.807, 2.05) is 24.7 Å². The van der Waals surface area contributed by atoms with Gasteiger partial charge in [-0.25, -0.2) is 4.39 Å². The molecule has 3 nitrogen and oxygen atoms in total. The lowest BCUT2D eigenvalue weighted by atomic mass is 10.1. The molecular formula is C12H14FN3. The number of benzene rings is 1. The summed E-state index contributed by atoms with van der Waals surface area (Å²) in [5.74, 6) is -0.327. The minimum Gasteiger partial charge on any atom is -0.399 e. The van der Waals surface area contributed by atoms with Crippen molar-refractivity contribution in [1.29, 1.82) is 0 Å². The summed E-state index contributed by atoms with van der Waals surface area (Å²) in [6.07, 6.45) is 3.60. The number of nitrogen functional groups attached to an aromatic ring is 1. The predicted octanol–water partition coefficient (Wildman–Crippen LogP) is 2.85. The standard InChI is InChI=1S/C12H14FN3/c1-8(2)16-7-10(6-15-16)9-3-11(13)5-12(14)4-9/h3-8H,14H2,1-2H3. The third kappa shape index (κ3) is 2.05. The Bertz CT molecular complexity index is 482. The van der Waals surface area contributed by atoms with Crippen LogP contribution in [0.25, 0.3) is 11.1 Å². The van der Waals surface area contributed by atoms with Crippen LogP contribution in [0, 0.1) is 5.82 Å². The van der Waals surface area contributed by atoms with Crippen LogP contribution >= 0.6 is 0 Å². The Morgan fingerprint density at radius 3 is 2.56 bits per heavy atom. The molecule has 2 rings (SSSR count). The van der Waals surface area contributed by atoms with Crippen LogP contribution in [0.5, 0.6) is 0 Å². The van der Waals surface area contributed by atoms with E-state index in [-0.39, 0.29) is 5.82 Å². The van der Waals surface area contributed by atoms with Crippen LogP contribution < -0.4 is 5.73 Å². The molecule has 1 aromatic heterocycles. The first-order valence-corrected chi connectivity index (χ1v) is 5.17. The van der Waals surface area contributed by atoms with Gasteiger partial charge in [0.25, 0.3) is 0 Å². The summed E-state index contributed by atoms with van der Waals surface area (Å²) < 4.78 is 15.0. The zero-order chi connectivity index (χ0) is 11.7. The third-order valence-electron chi connectivity index (χ3n) is 2.38. The molecule has 4 heteroatoms. The van der Waals surface area contributed by atoms with E-state index in [9.17, 15) is 4.39 Å². The zero-order valence-electron chi connectivity index (χ0n) is 9.31. The average Bonchev–Trinajstić information content (AvgIpc) is 2.64. The van der Waals surface area contributed by atoms with Crippen molar-refractivity contribution in [3.8, 4) is 11.1 Å². The van der Waals surface area contributed by atoms with Gasteiger partial charge < -0.3 is 5.73 Å². The molecule has 0 fully saturated rings. The van der Waals surface area contributed by atoms with Crippen molar-refractivity contribution >= 4 is 5.69 Å². The van der Waals surface area contributed by atoms with Crippen molar-refractivity contribution in [3.05, 3.63) is 36.4 Å². The monoisotopic (exact) mass is 219 g/mol. The quantitative estimate of drug-likeness (QED) is 0.789. The number of nitrogens with two attached hydrogens (primary N) is 1. The molecule has 0 aliphatic heterocycles. The Labute approximate surface area is 93.7 Å². The smallest absolute Gasteiger partial charge is 0.125 e. The van der Waals surface area contributed by atoms with Crippen molar-refractivity contribution in [3.63, 3.8) is 0 Å². The van der Waals surface area contributed by atoms with E-state index in [0.717, 1.165) is 11.1 Å². The van der Waals surface area contributed by atoms with Crippen molar-refractivity contribution in [2.75, 3.05) is 5.73 Å². The van der Waals surface area contributed by atoms with E-state index in [2.05, 4.69) is 5.10 Å². The highest BCUT2D eigenvalue weighted by molar-refractivity contribution is 5.66. The van der Waals surface area contributed by atoms with E-state index in [0.29, 0.717) is 11.7 Å². The third-order valence-corrected chi connectivity index (χ3v) is 2.38. The van der Waals surface area contributed by atoms with Crippen molar-refractivity contribution in [2.24, 2.45) is 0 Å². The Balaban J connectivity index is 2.42. The Morgan fingerprint density at radius 2 is 2.00 bits per heavy atom. The van der Waals surface area contributed by atoms with Gasteiger partial charge in [-0.2, -0.15) is 5.10 Å². The van der Waals surface area contributed by atoms with Crippen LogP contribution in [0.1, 0.15) is 19.9 Å². The Hall–Kier alpha value is -1.84. The van der Waals surface area contributed by atoms with Gasteiger partial charge in [-0.1, -0.05) is 0 Å². The van der Waals surface area contributed by atoms with Crippen molar-refractivity contribution in [1.82, 2.24) is 9.78 Å². The summed E-state index contributed by atoms with van der Waals surface area (Å²) >= 11 is 0. The van der Waals surface area contributed by atoms with Crippen LogP contribution in [0.3, 0.4) is 0 Å². The Morgan fingerprint density at radius 1 is 1.25 bits per heavy atom. The Kier molecular flexibility index (Phi) is 2.64. The van der Waals surface area contributed by atoms with E-state index in [1.165, 1.54) is 12.1 Å². The second-order valence-corrected chi connectivity index (χ2v) is 4.08. The maximum Gasteiger partial charge on any atom is 0.125 e. The first kappa shape index (κ1) is 10.7. The van der Waals surface area contributed by atoms with Crippen LogP contribution in [0.2, 0.25) is 0 Å². The molecule has 0 radical (unpaired) electrons. The zero-order valence-corrected chi connectivity index (χ0v) is 9.31. The molecule has 0 aliphatic rings. The minimum absolute atomic E-state index is 0.291. The molecule has 0 unspecified atom stereocenters. The van der Waals surface area contributed by atoms with Gasteiger partial charge >= 0.3 is 0 Å². The summed E-state index contributed by atoms with van der Waals surface area (Å²) in [4.78, 5) is 0. The molecule has 2 aromatic rings. The van der Waals surface area contributed by atoms with Crippen LogP contribution in [0.15, 0.2) is 30.6 Å². The van der Waals surface area contributed by atoms with E-state index in [1.54, 1.807) is 12.3 Å². The lowest BCUT2D eigenvalue weighted by Gasteiger charge is -2.03. The SMILES string of the molecule is CC(C)n1cc(-c2cc(N)cc(F)c2)cn1. The molecule has 1 aromatic carbocycles. The fourth-order valence-electron chi connectivity index (χ4n) is 1.55. The molecule has 0 amide bonds. The van der Waals surface area contributed by atoms with Crippen molar-refractivity contribution in [2.45, 2.75) is 19.9 Å². The van der Waals surface area contributed by atoms with E-state index < -0.39 is 0 Å². The largest absolute Gasteiger partial charge is 0.399 e. The van der Waals surface area contributed by atoms with Crippen LogP contribution in [0.4, 0.5) is 10.1 Å². The van der Waals surface area contributed by atoms with Crippen molar-refractivity contribution < 1.29 is 4.39 Å². The van der Waals surface area contributed by atoms with Gasteiger partial charge in [0.1, 0.15) is 5.82 Å². The summed E-state index contributed by atoms with van der Waals surface area (Å²) in [5, 5.41) is 4.20. The molecule has 16 heavy (non-hydrogen) atoms. The second kappa shape index (κ2) is 3.96. The minimum atomic E-state index is -0.327. The molecule has 0 aliphatic carbocycles. The molecule has 0 spiro atoms. The fourth-order valence-corrected chi connectivity index (χ4v) is 1.55. The van der Waals surface area contributed by atoms with Crippen LogP contribution in [-0.2, 0) is 0 Å². The topological polar surface area (TPSA) is 43.8 Å². The highest BCUT2D eigenvalue weighted by Gasteiger charge is 2.06. The fraction of sp³-hybridized carbons (Fsp3) is 0.250. The maximum absolute atomic E-state index is 13.2. The number of nitrogens with zero attached hydrogens (tertiary/aromatic N) is 2. The highest BCUT2D eigenvalue weighted by atomic mass is 19.1. The number of hydrogen-bond donors (Lipinski definition) is 1. The molecule has 0 saturated carbocycles. The van der Waals surface area contributed by atoms with Gasteiger partial charge in [0.2, 0.25) is 0 Å². The number of halogens is 1. The van der Waals surface area contributed by atoms with Gasteiger partial charge in [-0.05, 0) is 37.6 Å².